The van der Waals surface area contributed by atoms with Gasteiger partial charge < -0.3 is 9.30 Å². The number of esters is 1. The first-order valence-corrected chi connectivity index (χ1v) is 5.16. The Bertz CT molecular complexity index is 627. The van der Waals surface area contributed by atoms with Gasteiger partial charge in [0.05, 0.1) is 18.7 Å². The predicted molar refractivity (Wildman–Crippen MR) is 61.7 cm³/mol. The molecule has 0 spiro atoms. The van der Waals surface area contributed by atoms with Crippen LogP contribution in [0.2, 0.25) is 5.15 Å². The zero-order chi connectivity index (χ0) is 12.4. The topological polar surface area (TPSA) is 67.9 Å². The van der Waals surface area contributed by atoms with Gasteiger partial charge in [-0.25, -0.2) is 9.78 Å². The zero-order valence-electron chi connectivity index (χ0n) is 8.98. The Hall–Kier alpha value is -2.06. The molecule has 0 N–H and O–H groups in total. The van der Waals surface area contributed by atoms with Gasteiger partial charge in [-0.2, -0.15) is 5.26 Å². The molecule has 17 heavy (non-hydrogen) atoms. The molecule has 0 aliphatic carbocycles. The first-order valence-electron chi connectivity index (χ1n) is 4.78. The molecular weight excluding hydrogens is 242 g/mol. The molecule has 0 aliphatic rings. The minimum atomic E-state index is -0.455. The highest BCUT2D eigenvalue weighted by atomic mass is 35.5. The van der Waals surface area contributed by atoms with E-state index in [1.54, 1.807) is 12.1 Å². The van der Waals surface area contributed by atoms with Crippen LogP contribution in [0.3, 0.4) is 0 Å². The number of rotatable bonds is 2. The lowest BCUT2D eigenvalue weighted by molar-refractivity contribution is 0.0603. The maximum atomic E-state index is 11.5. The lowest BCUT2D eigenvalue weighted by atomic mass is 10.2. The minimum Gasteiger partial charge on any atom is -0.465 e. The number of hydrogen-bond acceptors (Lipinski definition) is 4. The Morgan fingerprint density at radius 2 is 2.47 bits per heavy atom. The summed E-state index contributed by atoms with van der Waals surface area (Å²) in [6, 6.07) is 5.15. The van der Waals surface area contributed by atoms with Gasteiger partial charge in [0, 0.05) is 11.6 Å². The van der Waals surface area contributed by atoms with E-state index in [4.69, 9.17) is 16.9 Å². The van der Waals surface area contributed by atoms with Crippen molar-refractivity contribution in [1.29, 1.82) is 5.26 Å². The Morgan fingerprint density at radius 1 is 1.71 bits per heavy atom. The molecule has 2 heterocycles. The monoisotopic (exact) mass is 249 g/mol. The van der Waals surface area contributed by atoms with E-state index in [0.717, 1.165) is 0 Å². The van der Waals surface area contributed by atoms with Crippen LogP contribution in [0.25, 0.3) is 11.0 Å². The van der Waals surface area contributed by atoms with Crippen molar-refractivity contribution >= 4 is 28.6 Å². The average molecular weight is 250 g/mol. The predicted octanol–water partition coefficient (Wildman–Crippen LogP) is 2.00. The fraction of sp³-hybridized carbons (Fsp3) is 0.182. The van der Waals surface area contributed by atoms with Crippen molar-refractivity contribution < 1.29 is 9.53 Å². The number of carbonyl (C=O) groups is 1. The molecule has 0 fully saturated rings. The van der Waals surface area contributed by atoms with E-state index in [1.165, 1.54) is 17.9 Å². The summed E-state index contributed by atoms with van der Waals surface area (Å²) in [7, 11) is 1.31. The molecule has 0 bridgehead atoms. The van der Waals surface area contributed by atoms with Gasteiger partial charge >= 0.3 is 5.97 Å². The van der Waals surface area contributed by atoms with Crippen LogP contribution in [0.1, 0.15) is 10.4 Å². The van der Waals surface area contributed by atoms with E-state index >= 15 is 0 Å². The second-order valence-corrected chi connectivity index (χ2v) is 3.69. The smallest absolute Gasteiger partial charge is 0.338 e. The number of carbonyl (C=O) groups excluding carboxylic acids is 1. The van der Waals surface area contributed by atoms with Crippen molar-refractivity contribution in [2.24, 2.45) is 0 Å². The van der Waals surface area contributed by atoms with E-state index in [1.807, 2.05) is 6.07 Å². The Morgan fingerprint density at radius 3 is 3.12 bits per heavy atom. The highest BCUT2D eigenvalue weighted by molar-refractivity contribution is 6.31. The third kappa shape index (κ3) is 1.83. The number of methoxy groups -OCH3 is 1. The summed E-state index contributed by atoms with van der Waals surface area (Å²) in [5.41, 5.74) is 0.885. The number of hydrogen-bond donors (Lipinski definition) is 0. The van der Waals surface area contributed by atoms with Gasteiger partial charge in [-0.15, -0.1) is 0 Å². The SMILES string of the molecule is COC(=O)c1ccnc2c1cc(Cl)n2CC#N. The summed E-state index contributed by atoms with van der Waals surface area (Å²) in [6.07, 6.45) is 1.48. The number of nitrogens with zero attached hydrogens (tertiary/aromatic N) is 3. The molecule has 0 radical (unpaired) electrons. The van der Waals surface area contributed by atoms with E-state index in [-0.39, 0.29) is 6.54 Å². The molecule has 2 rings (SSSR count). The first kappa shape index (κ1) is 11.4. The first-order chi connectivity index (χ1) is 8.19. The van der Waals surface area contributed by atoms with E-state index < -0.39 is 5.97 Å². The molecule has 5 nitrogen and oxygen atoms in total. The van der Waals surface area contributed by atoms with Gasteiger partial charge in [-0.05, 0) is 12.1 Å². The number of pyridine rings is 1. The van der Waals surface area contributed by atoms with Crippen molar-refractivity contribution in [3.63, 3.8) is 0 Å². The van der Waals surface area contributed by atoms with E-state index in [0.29, 0.717) is 21.7 Å². The van der Waals surface area contributed by atoms with Gasteiger partial charge in [-0.1, -0.05) is 11.6 Å². The van der Waals surface area contributed by atoms with Crippen LogP contribution in [0.5, 0.6) is 0 Å². The normalized spacial score (nSPS) is 10.2. The summed E-state index contributed by atoms with van der Waals surface area (Å²) >= 11 is 5.99. The Kier molecular flexibility index (Phi) is 2.98. The Labute approximate surface area is 102 Å². The number of aromatic nitrogens is 2. The average Bonchev–Trinajstić information content (AvgIpc) is 2.65. The zero-order valence-corrected chi connectivity index (χ0v) is 9.73. The molecule has 0 aliphatic heterocycles. The van der Waals surface area contributed by atoms with Crippen molar-refractivity contribution in [1.82, 2.24) is 9.55 Å². The number of nitriles is 1. The quantitative estimate of drug-likeness (QED) is 0.764. The minimum absolute atomic E-state index is 0.0833. The van der Waals surface area contributed by atoms with Crippen LogP contribution >= 0.6 is 11.6 Å². The molecule has 0 unspecified atom stereocenters. The molecule has 86 valence electrons. The summed E-state index contributed by atoms with van der Waals surface area (Å²) in [5, 5.41) is 9.65. The maximum absolute atomic E-state index is 11.5. The summed E-state index contributed by atoms with van der Waals surface area (Å²) in [5.74, 6) is -0.455. The molecule has 0 atom stereocenters. The summed E-state index contributed by atoms with van der Waals surface area (Å²) in [6.45, 7) is 0.0833. The fourth-order valence-electron chi connectivity index (χ4n) is 1.63. The largest absolute Gasteiger partial charge is 0.465 e. The molecule has 2 aromatic rings. The molecule has 0 saturated carbocycles. The third-order valence-corrected chi connectivity index (χ3v) is 2.69. The second-order valence-electron chi connectivity index (χ2n) is 3.30. The third-order valence-electron chi connectivity index (χ3n) is 2.38. The van der Waals surface area contributed by atoms with Crippen LogP contribution < -0.4 is 0 Å². The van der Waals surface area contributed by atoms with Crippen molar-refractivity contribution in [3.05, 3.63) is 29.0 Å². The van der Waals surface area contributed by atoms with Crippen LogP contribution in [-0.2, 0) is 11.3 Å². The fourth-order valence-corrected chi connectivity index (χ4v) is 1.88. The van der Waals surface area contributed by atoms with Gasteiger partial charge in [0.25, 0.3) is 0 Å². The highest BCUT2D eigenvalue weighted by Crippen LogP contribution is 2.25. The summed E-state index contributed by atoms with van der Waals surface area (Å²) in [4.78, 5) is 15.7. The van der Waals surface area contributed by atoms with Gasteiger partial charge in [0.2, 0.25) is 0 Å². The standard InChI is InChI=1S/C11H8ClN3O2/c1-17-11(16)7-2-4-14-10-8(7)6-9(12)15(10)5-3-13/h2,4,6H,5H2,1H3. The lowest BCUT2D eigenvalue weighted by Crippen LogP contribution is -2.03. The molecular formula is C11H8ClN3O2. The molecule has 6 heteroatoms. The second kappa shape index (κ2) is 4.44. The molecule has 0 aromatic carbocycles. The van der Waals surface area contributed by atoms with Crippen molar-refractivity contribution in [2.75, 3.05) is 7.11 Å². The van der Waals surface area contributed by atoms with Gasteiger partial charge in [0.1, 0.15) is 17.3 Å². The molecule has 0 amide bonds. The van der Waals surface area contributed by atoms with Crippen LogP contribution in [0, 0.1) is 11.3 Å². The number of halogens is 1. The van der Waals surface area contributed by atoms with Crippen LogP contribution in [0.4, 0.5) is 0 Å². The summed E-state index contributed by atoms with van der Waals surface area (Å²) < 4.78 is 6.20. The van der Waals surface area contributed by atoms with Gasteiger partial charge in [-0.3, -0.25) is 0 Å². The molecule has 0 saturated heterocycles. The van der Waals surface area contributed by atoms with Crippen LogP contribution in [-0.4, -0.2) is 22.6 Å². The van der Waals surface area contributed by atoms with Crippen molar-refractivity contribution in [2.45, 2.75) is 6.54 Å². The Balaban J connectivity index is 2.71. The van der Waals surface area contributed by atoms with E-state index in [2.05, 4.69) is 9.72 Å². The highest BCUT2D eigenvalue weighted by Gasteiger charge is 2.15. The number of fused-ring (bicyclic) bond motifs is 1. The molecule has 2 aromatic heterocycles. The van der Waals surface area contributed by atoms with E-state index in [9.17, 15) is 4.79 Å². The van der Waals surface area contributed by atoms with Crippen molar-refractivity contribution in [3.8, 4) is 6.07 Å². The van der Waals surface area contributed by atoms with Gasteiger partial charge in [0.15, 0.2) is 0 Å². The lowest BCUT2D eigenvalue weighted by Gasteiger charge is -2.02. The van der Waals surface area contributed by atoms with Crippen LogP contribution in [0.15, 0.2) is 18.3 Å². The maximum Gasteiger partial charge on any atom is 0.338 e. The number of ether oxygens (including phenoxy) is 1.